The molecule has 1 saturated heterocycles. The summed E-state index contributed by atoms with van der Waals surface area (Å²) in [7, 11) is 0. The Hall–Kier alpha value is -1.71. The van der Waals surface area contributed by atoms with Crippen molar-refractivity contribution >= 4 is 34.8 Å². The Balaban J connectivity index is 1.37. The van der Waals surface area contributed by atoms with Gasteiger partial charge < -0.3 is 9.80 Å². The van der Waals surface area contributed by atoms with Gasteiger partial charge in [-0.1, -0.05) is 53.5 Å². The molecule has 1 amide bonds. The fourth-order valence-electron chi connectivity index (χ4n) is 3.70. The molecule has 130 valence electrons. The van der Waals surface area contributed by atoms with Crippen LogP contribution in [0.5, 0.6) is 0 Å². The minimum Gasteiger partial charge on any atom is -0.367 e. The maximum Gasteiger partial charge on any atom is 0.226 e. The molecule has 0 radical (unpaired) electrons. The van der Waals surface area contributed by atoms with Crippen LogP contribution in [0.25, 0.3) is 0 Å². The quantitative estimate of drug-likeness (QED) is 0.792. The predicted octanol–water partition coefficient (Wildman–Crippen LogP) is 4.45. The van der Waals surface area contributed by atoms with E-state index in [1.165, 1.54) is 0 Å². The van der Waals surface area contributed by atoms with Crippen LogP contribution in [0.3, 0.4) is 0 Å². The Bertz CT molecular complexity index is 787. The van der Waals surface area contributed by atoms with Crippen LogP contribution in [0.15, 0.2) is 48.5 Å². The average molecular weight is 375 g/mol. The van der Waals surface area contributed by atoms with E-state index in [1.807, 2.05) is 53.4 Å². The van der Waals surface area contributed by atoms with Gasteiger partial charge in [0.2, 0.25) is 5.91 Å². The van der Waals surface area contributed by atoms with Crippen LogP contribution in [0, 0.1) is 5.92 Å². The van der Waals surface area contributed by atoms with Gasteiger partial charge in [-0.05, 0) is 36.1 Å². The summed E-state index contributed by atoms with van der Waals surface area (Å²) in [6.07, 6.45) is 0.910. The van der Waals surface area contributed by atoms with Gasteiger partial charge in [-0.25, -0.2) is 0 Å². The molecule has 5 heteroatoms. The van der Waals surface area contributed by atoms with Crippen LogP contribution in [0.1, 0.15) is 17.9 Å². The summed E-state index contributed by atoms with van der Waals surface area (Å²) in [5.41, 5.74) is 2.16. The molecule has 2 aromatic carbocycles. The summed E-state index contributed by atoms with van der Waals surface area (Å²) in [5, 5.41) is 1.54. The molecular formula is C20H20Cl2N2O. The van der Waals surface area contributed by atoms with Crippen LogP contribution < -0.4 is 4.90 Å². The van der Waals surface area contributed by atoms with Crippen molar-refractivity contribution in [3.05, 3.63) is 64.1 Å². The Morgan fingerprint density at radius 2 is 1.52 bits per heavy atom. The molecule has 2 aliphatic rings. The second kappa shape index (κ2) is 6.89. The number of piperazine rings is 1. The number of nitrogens with zero attached hydrogens (tertiary/aromatic N) is 2. The van der Waals surface area contributed by atoms with Gasteiger partial charge in [0.05, 0.1) is 10.7 Å². The van der Waals surface area contributed by atoms with E-state index in [0.29, 0.717) is 0 Å². The Morgan fingerprint density at radius 1 is 0.880 bits per heavy atom. The van der Waals surface area contributed by atoms with E-state index < -0.39 is 0 Å². The lowest BCUT2D eigenvalue weighted by atomic mass is 10.1. The highest BCUT2D eigenvalue weighted by molar-refractivity contribution is 6.33. The monoisotopic (exact) mass is 374 g/mol. The standard InChI is InChI=1S/C20H20Cl2N2O/c21-17-6-2-1-5-14(17)15-13-16(15)20(25)24-11-9-23(10-12-24)19-8-4-3-7-18(19)22/h1-8,15-16H,9-13H2. The number of hydrogen-bond donors (Lipinski definition) is 0. The van der Waals surface area contributed by atoms with Gasteiger partial charge in [-0.15, -0.1) is 0 Å². The van der Waals surface area contributed by atoms with Gasteiger partial charge in [0, 0.05) is 37.1 Å². The van der Waals surface area contributed by atoms with Gasteiger partial charge in [0.25, 0.3) is 0 Å². The highest BCUT2D eigenvalue weighted by Gasteiger charge is 2.46. The first-order chi connectivity index (χ1) is 12.1. The van der Waals surface area contributed by atoms with Crippen LogP contribution in [-0.2, 0) is 4.79 Å². The summed E-state index contributed by atoms with van der Waals surface area (Å²) < 4.78 is 0. The van der Waals surface area contributed by atoms with Crippen LogP contribution in [0.4, 0.5) is 5.69 Å². The smallest absolute Gasteiger partial charge is 0.226 e. The van der Waals surface area contributed by atoms with Gasteiger partial charge in [-0.2, -0.15) is 0 Å². The fraction of sp³-hybridized carbons (Fsp3) is 0.350. The summed E-state index contributed by atoms with van der Waals surface area (Å²) in [5.74, 6) is 0.637. The van der Waals surface area contributed by atoms with Crippen molar-refractivity contribution in [3.8, 4) is 0 Å². The van der Waals surface area contributed by atoms with E-state index in [9.17, 15) is 4.79 Å². The van der Waals surface area contributed by atoms with E-state index >= 15 is 0 Å². The number of carbonyl (C=O) groups excluding carboxylic acids is 1. The Morgan fingerprint density at radius 3 is 2.20 bits per heavy atom. The first kappa shape index (κ1) is 16.7. The predicted molar refractivity (Wildman–Crippen MR) is 103 cm³/mol. The second-order valence-corrected chi connectivity index (χ2v) is 7.55. The van der Waals surface area contributed by atoms with Gasteiger partial charge in [-0.3, -0.25) is 4.79 Å². The molecule has 0 aromatic heterocycles. The molecule has 2 fully saturated rings. The lowest BCUT2D eigenvalue weighted by molar-refractivity contribution is -0.132. The number of halogens is 2. The zero-order valence-electron chi connectivity index (χ0n) is 13.9. The first-order valence-electron chi connectivity index (χ1n) is 8.68. The third-order valence-electron chi connectivity index (χ3n) is 5.20. The van der Waals surface area contributed by atoms with Gasteiger partial charge in [0.15, 0.2) is 0 Å². The van der Waals surface area contributed by atoms with Crippen molar-refractivity contribution in [3.63, 3.8) is 0 Å². The number of para-hydroxylation sites is 1. The molecule has 2 unspecified atom stereocenters. The maximum atomic E-state index is 12.8. The molecule has 2 aromatic rings. The van der Waals surface area contributed by atoms with E-state index in [0.717, 1.165) is 53.9 Å². The lowest BCUT2D eigenvalue weighted by Crippen LogP contribution is -2.49. The van der Waals surface area contributed by atoms with Crippen molar-refractivity contribution in [2.45, 2.75) is 12.3 Å². The second-order valence-electron chi connectivity index (χ2n) is 6.73. The van der Waals surface area contributed by atoms with Crippen molar-refractivity contribution in [1.82, 2.24) is 4.90 Å². The highest BCUT2D eigenvalue weighted by Crippen LogP contribution is 2.50. The van der Waals surface area contributed by atoms with Crippen molar-refractivity contribution < 1.29 is 4.79 Å². The molecule has 1 aliphatic carbocycles. The summed E-state index contributed by atoms with van der Waals surface area (Å²) >= 11 is 12.6. The number of benzene rings is 2. The zero-order chi connectivity index (χ0) is 17.4. The number of anilines is 1. The largest absolute Gasteiger partial charge is 0.367 e. The summed E-state index contributed by atoms with van der Waals surface area (Å²) in [6, 6.07) is 15.7. The Labute approximate surface area is 158 Å². The topological polar surface area (TPSA) is 23.6 Å². The molecule has 0 bridgehead atoms. The normalized spacial score (nSPS) is 22.8. The molecular weight excluding hydrogens is 355 g/mol. The Kier molecular flexibility index (Phi) is 4.61. The molecule has 4 rings (SSSR count). The average Bonchev–Trinajstić information content (AvgIpc) is 3.43. The van der Waals surface area contributed by atoms with E-state index in [4.69, 9.17) is 23.2 Å². The highest BCUT2D eigenvalue weighted by atomic mass is 35.5. The van der Waals surface area contributed by atoms with Crippen molar-refractivity contribution in [2.75, 3.05) is 31.1 Å². The van der Waals surface area contributed by atoms with E-state index in [1.54, 1.807) is 0 Å². The molecule has 2 atom stereocenters. The minimum atomic E-state index is 0.0896. The fourth-order valence-corrected chi connectivity index (χ4v) is 4.23. The molecule has 25 heavy (non-hydrogen) atoms. The number of carbonyl (C=O) groups is 1. The molecule has 3 nitrogen and oxygen atoms in total. The first-order valence-corrected chi connectivity index (χ1v) is 9.43. The van der Waals surface area contributed by atoms with Crippen molar-refractivity contribution in [2.24, 2.45) is 5.92 Å². The van der Waals surface area contributed by atoms with Crippen LogP contribution in [-0.4, -0.2) is 37.0 Å². The molecule has 1 aliphatic heterocycles. The minimum absolute atomic E-state index is 0.0896. The van der Waals surface area contributed by atoms with E-state index in [-0.39, 0.29) is 17.7 Å². The molecule has 1 saturated carbocycles. The van der Waals surface area contributed by atoms with Crippen molar-refractivity contribution in [1.29, 1.82) is 0 Å². The number of rotatable bonds is 3. The lowest BCUT2D eigenvalue weighted by Gasteiger charge is -2.36. The van der Waals surface area contributed by atoms with E-state index in [2.05, 4.69) is 4.90 Å². The van der Waals surface area contributed by atoms with Gasteiger partial charge in [0.1, 0.15) is 0 Å². The third-order valence-corrected chi connectivity index (χ3v) is 5.86. The molecule has 0 spiro atoms. The zero-order valence-corrected chi connectivity index (χ0v) is 15.4. The summed E-state index contributed by atoms with van der Waals surface area (Å²) in [6.45, 7) is 3.13. The van der Waals surface area contributed by atoms with Crippen LogP contribution >= 0.6 is 23.2 Å². The SMILES string of the molecule is O=C(C1CC1c1ccccc1Cl)N1CCN(c2ccccc2Cl)CC1. The summed E-state index contributed by atoms with van der Waals surface area (Å²) in [4.78, 5) is 17.1. The number of amides is 1. The maximum absolute atomic E-state index is 12.8. The number of hydrogen-bond acceptors (Lipinski definition) is 2. The third kappa shape index (κ3) is 3.36. The van der Waals surface area contributed by atoms with Gasteiger partial charge >= 0.3 is 0 Å². The van der Waals surface area contributed by atoms with Crippen LogP contribution in [0.2, 0.25) is 10.0 Å². The molecule has 0 N–H and O–H groups in total. The molecule has 1 heterocycles.